The van der Waals surface area contributed by atoms with E-state index in [1.54, 1.807) is 18.2 Å². The summed E-state index contributed by atoms with van der Waals surface area (Å²) < 4.78 is 30.3. The highest BCUT2D eigenvalue weighted by Crippen LogP contribution is 2.25. The van der Waals surface area contributed by atoms with Gasteiger partial charge in [0.1, 0.15) is 5.75 Å². The number of hydrogen-bond donors (Lipinski definition) is 0. The predicted molar refractivity (Wildman–Crippen MR) is 71.8 cm³/mol. The summed E-state index contributed by atoms with van der Waals surface area (Å²) in [5.74, 6) is 0.752. The second-order valence-corrected chi connectivity index (χ2v) is 6.67. The molecule has 0 radical (unpaired) electrons. The molecule has 0 saturated carbocycles. The van der Waals surface area contributed by atoms with Gasteiger partial charge in [0.05, 0.1) is 12.9 Å². The largest absolute Gasteiger partial charge is 0.496 e. The van der Waals surface area contributed by atoms with Gasteiger partial charge >= 0.3 is 0 Å². The maximum atomic E-state index is 11.8. The van der Waals surface area contributed by atoms with Gasteiger partial charge in [0.2, 0.25) is 10.0 Å². The molecule has 0 N–H and O–H groups in total. The van der Waals surface area contributed by atoms with E-state index in [0.717, 1.165) is 5.56 Å². The Kier molecular flexibility index (Phi) is 3.91. The molecule has 1 aliphatic rings. The summed E-state index contributed by atoms with van der Waals surface area (Å²) in [6, 6.07) is 5.09. The molecule has 0 bridgehead atoms. The minimum atomic E-state index is -3.15. The summed E-state index contributed by atoms with van der Waals surface area (Å²) in [7, 11) is -1.62. The van der Waals surface area contributed by atoms with Crippen molar-refractivity contribution in [2.75, 3.05) is 19.4 Å². The highest BCUT2D eigenvalue weighted by atomic mass is 32.2. The van der Waals surface area contributed by atoms with Crippen LogP contribution in [0.25, 0.3) is 0 Å². The molecule has 0 spiro atoms. The third-order valence-electron chi connectivity index (χ3n) is 3.24. The Morgan fingerprint density at radius 3 is 2.68 bits per heavy atom. The molecule has 1 aromatic carbocycles. The van der Waals surface area contributed by atoms with Crippen molar-refractivity contribution in [1.29, 1.82) is 0 Å². The maximum Gasteiger partial charge on any atom is 0.214 e. The lowest BCUT2D eigenvalue weighted by Crippen LogP contribution is -2.25. The number of methoxy groups -OCH3 is 1. The fraction of sp³-hybridized carbons (Fsp3) is 0.462. The Morgan fingerprint density at radius 2 is 2.16 bits per heavy atom. The van der Waals surface area contributed by atoms with Crippen LogP contribution in [0.2, 0.25) is 0 Å². The average molecular weight is 283 g/mol. The van der Waals surface area contributed by atoms with E-state index < -0.39 is 10.0 Å². The topological polar surface area (TPSA) is 63.7 Å². The fourth-order valence-electron chi connectivity index (χ4n) is 2.18. The third-order valence-corrected chi connectivity index (χ3v) is 5.14. The number of nitrogens with zero attached hydrogens (tertiary/aromatic N) is 1. The molecular weight excluding hydrogens is 266 g/mol. The highest BCUT2D eigenvalue weighted by Gasteiger charge is 2.28. The summed E-state index contributed by atoms with van der Waals surface area (Å²) >= 11 is 0. The second-order valence-electron chi connectivity index (χ2n) is 4.59. The van der Waals surface area contributed by atoms with Crippen LogP contribution < -0.4 is 4.74 Å². The van der Waals surface area contributed by atoms with Crippen LogP contribution in [0.5, 0.6) is 5.75 Å². The van der Waals surface area contributed by atoms with Gasteiger partial charge in [0.15, 0.2) is 5.78 Å². The average Bonchev–Trinajstić information content (AvgIpc) is 2.68. The van der Waals surface area contributed by atoms with Crippen LogP contribution in [-0.4, -0.2) is 37.9 Å². The van der Waals surface area contributed by atoms with E-state index in [9.17, 15) is 13.2 Å². The highest BCUT2D eigenvalue weighted by molar-refractivity contribution is 7.89. The normalized spacial score (nSPS) is 18.4. The van der Waals surface area contributed by atoms with Gasteiger partial charge in [-0.3, -0.25) is 4.79 Å². The fourth-order valence-corrected chi connectivity index (χ4v) is 3.68. The zero-order valence-corrected chi connectivity index (χ0v) is 11.9. The molecule has 0 unspecified atom stereocenters. The van der Waals surface area contributed by atoms with E-state index >= 15 is 0 Å². The first-order valence-corrected chi connectivity index (χ1v) is 7.70. The van der Waals surface area contributed by atoms with Crippen molar-refractivity contribution >= 4 is 15.8 Å². The minimum Gasteiger partial charge on any atom is -0.496 e. The molecule has 0 amide bonds. The molecule has 1 aromatic rings. The van der Waals surface area contributed by atoms with Gasteiger partial charge in [0, 0.05) is 24.2 Å². The quantitative estimate of drug-likeness (QED) is 0.784. The predicted octanol–water partition coefficient (Wildman–Crippen LogP) is 1.43. The number of Topliss-reactive ketones (excluding diaryl/α,β-unsaturated/α-hetero) is 1. The molecule has 1 saturated heterocycles. The summed E-state index contributed by atoms with van der Waals surface area (Å²) in [6.07, 6.45) is 0.650. The number of hydrogen-bond acceptors (Lipinski definition) is 4. The number of carbonyl (C=O) groups excluding carboxylic acids is 1. The molecule has 19 heavy (non-hydrogen) atoms. The van der Waals surface area contributed by atoms with E-state index in [2.05, 4.69) is 0 Å². The number of sulfonamides is 1. The van der Waals surface area contributed by atoms with Crippen LogP contribution in [-0.2, 0) is 16.6 Å². The van der Waals surface area contributed by atoms with Crippen molar-refractivity contribution in [3.63, 3.8) is 0 Å². The Morgan fingerprint density at radius 1 is 1.42 bits per heavy atom. The summed E-state index contributed by atoms with van der Waals surface area (Å²) in [5.41, 5.74) is 1.29. The van der Waals surface area contributed by atoms with Gasteiger partial charge in [-0.05, 0) is 31.5 Å². The lowest BCUT2D eigenvalue weighted by Gasteiger charge is -2.17. The van der Waals surface area contributed by atoms with Crippen LogP contribution in [0, 0.1) is 0 Å². The van der Waals surface area contributed by atoms with Crippen LogP contribution in [0.4, 0.5) is 0 Å². The number of benzene rings is 1. The molecule has 0 aromatic heterocycles. The van der Waals surface area contributed by atoms with Crippen molar-refractivity contribution in [2.45, 2.75) is 19.9 Å². The van der Waals surface area contributed by atoms with Gasteiger partial charge in [0.25, 0.3) is 0 Å². The van der Waals surface area contributed by atoms with Crippen LogP contribution in [0.15, 0.2) is 18.2 Å². The lowest BCUT2D eigenvalue weighted by molar-refractivity contribution is 0.101. The molecule has 104 valence electrons. The van der Waals surface area contributed by atoms with Gasteiger partial charge in [-0.1, -0.05) is 0 Å². The molecule has 1 heterocycles. The molecular formula is C13H17NO4S. The number of ether oxygens (including phenoxy) is 1. The lowest BCUT2D eigenvalue weighted by atomic mass is 10.1. The Labute approximate surface area is 113 Å². The third kappa shape index (κ3) is 2.96. The van der Waals surface area contributed by atoms with Crippen molar-refractivity contribution in [3.8, 4) is 5.75 Å². The van der Waals surface area contributed by atoms with Crippen LogP contribution in [0.3, 0.4) is 0 Å². The van der Waals surface area contributed by atoms with E-state index in [4.69, 9.17) is 4.74 Å². The van der Waals surface area contributed by atoms with E-state index in [0.29, 0.717) is 24.3 Å². The zero-order valence-electron chi connectivity index (χ0n) is 11.0. The van der Waals surface area contributed by atoms with E-state index in [1.165, 1.54) is 18.3 Å². The first-order chi connectivity index (χ1) is 8.94. The molecule has 6 heteroatoms. The van der Waals surface area contributed by atoms with Crippen LogP contribution in [0.1, 0.15) is 29.3 Å². The molecule has 2 rings (SSSR count). The first kappa shape index (κ1) is 14.0. The number of rotatable bonds is 4. The number of carbonyl (C=O) groups is 1. The summed E-state index contributed by atoms with van der Waals surface area (Å²) in [4.78, 5) is 11.4. The van der Waals surface area contributed by atoms with Crippen molar-refractivity contribution in [2.24, 2.45) is 0 Å². The summed E-state index contributed by atoms with van der Waals surface area (Å²) in [6.45, 7) is 2.26. The standard InChI is InChI=1S/C13H17NO4S/c1-10(15)11-4-5-13(18-2)12(8-11)9-14-6-3-7-19(14,16)17/h4-5,8H,3,6-7,9H2,1-2H3. The van der Waals surface area contributed by atoms with Crippen molar-refractivity contribution in [3.05, 3.63) is 29.3 Å². The van der Waals surface area contributed by atoms with E-state index in [1.807, 2.05) is 0 Å². The van der Waals surface area contributed by atoms with Crippen molar-refractivity contribution in [1.82, 2.24) is 4.31 Å². The Bertz CT molecular complexity index is 595. The SMILES string of the molecule is COc1ccc(C(C)=O)cc1CN1CCCS1(=O)=O. The zero-order chi connectivity index (χ0) is 14.0. The first-order valence-electron chi connectivity index (χ1n) is 6.10. The molecule has 0 atom stereocenters. The van der Waals surface area contributed by atoms with E-state index in [-0.39, 0.29) is 18.1 Å². The van der Waals surface area contributed by atoms with Crippen molar-refractivity contribution < 1.29 is 17.9 Å². The number of ketones is 1. The summed E-state index contributed by atoms with van der Waals surface area (Å²) in [5, 5.41) is 0. The monoisotopic (exact) mass is 283 g/mol. The Hall–Kier alpha value is -1.40. The van der Waals surface area contributed by atoms with Crippen LogP contribution >= 0.6 is 0 Å². The minimum absolute atomic E-state index is 0.0480. The van der Waals surface area contributed by atoms with Gasteiger partial charge in [-0.2, -0.15) is 4.31 Å². The molecule has 1 aliphatic heterocycles. The van der Waals surface area contributed by atoms with Gasteiger partial charge in [-0.25, -0.2) is 8.42 Å². The second kappa shape index (κ2) is 5.30. The Balaban J connectivity index is 2.32. The maximum absolute atomic E-state index is 11.8. The smallest absolute Gasteiger partial charge is 0.214 e. The van der Waals surface area contributed by atoms with Gasteiger partial charge in [-0.15, -0.1) is 0 Å². The van der Waals surface area contributed by atoms with Gasteiger partial charge < -0.3 is 4.74 Å². The molecule has 5 nitrogen and oxygen atoms in total. The molecule has 1 fully saturated rings. The molecule has 0 aliphatic carbocycles.